The molecule has 3 unspecified atom stereocenters. The summed E-state index contributed by atoms with van der Waals surface area (Å²) in [7, 11) is -3.77. The topological polar surface area (TPSA) is 63.4 Å². The first kappa shape index (κ1) is 16.7. The predicted molar refractivity (Wildman–Crippen MR) is 79.0 cm³/mol. The smallest absolute Gasteiger partial charge is 0.327 e. The van der Waals surface area contributed by atoms with Crippen molar-refractivity contribution in [2.75, 3.05) is 13.1 Å². The van der Waals surface area contributed by atoms with Crippen molar-refractivity contribution in [2.24, 2.45) is 17.6 Å². The molecule has 0 bridgehead atoms. The molecular formula is C15H19F3N2O2S. The lowest BCUT2D eigenvalue weighted by Gasteiger charge is -2.29. The molecule has 2 N–H and O–H groups in total. The first-order valence-corrected chi connectivity index (χ1v) is 9.06. The molecule has 3 rings (SSSR count). The van der Waals surface area contributed by atoms with Crippen molar-refractivity contribution in [3.05, 3.63) is 29.8 Å². The average molecular weight is 348 g/mol. The highest BCUT2D eigenvalue weighted by atomic mass is 32.2. The Morgan fingerprint density at radius 2 is 1.74 bits per heavy atom. The Balaban J connectivity index is 1.82. The molecule has 0 spiro atoms. The highest BCUT2D eigenvalue weighted by molar-refractivity contribution is 7.89. The zero-order chi connectivity index (χ0) is 16.8. The second-order valence-electron chi connectivity index (χ2n) is 6.36. The minimum absolute atomic E-state index is 0.00144. The minimum Gasteiger partial charge on any atom is -0.327 e. The van der Waals surface area contributed by atoms with Crippen LogP contribution in [0.15, 0.2) is 29.2 Å². The summed E-state index contributed by atoms with van der Waals surface area (Å²) in [6, 6.07) is 3.67. The highest BCUT2D eigenvalue weighted by Gasteiger charge is 2.43. The van der Waals surface area contributed by atoms with Crippen molar-refractivity contribution in [3.8, 4) is 0 Å². The van der Waals surface area contributed by atoms with Gasteiger partial charge in [-0.05, 0) is 48.9 Å². The third kappa shape index (κ3) is 3.12. The van der Waals surface area contributed by atoms with Crippen LogP contribution in [-0.2, 0) is 16.2 Å². The van der Waals surface area contributed by atoms with Crippen LogP contribution in [0.4, 0.5) is 13.2 Å². The van der Waals surface area contributed by atoms with Crippen LogP contribution < -0.4 is 5.73 Å². The minimum atomic E-state index is -4.47. The maximum Gasteiger partial charge on any atom is 0.416 e. The van der Waals surface area contributed by atoms with Gasteiger partial charge >= 0.3 is 6.18 Å². The highest BCUT2D eigenvalue weighted by Crippen LogP contribution is 2.38. The van der Waals surface area contributed by atoms with E-state index in [0.717, 1.165) is 43.5 Å². The summed E-state index contributed by atoms with van der Waals surface area (Å²) in [6.07, 6.45) is -1.62. The zero-order valence-electron chi connectivity index (χ0n) is 12.5. The van der Waals surface area contributed by atoms with Gasteiger partial charge in [-0.3, -0.25) is 0 Å². The molecule has 2 fully saturated rings. The molecule has 23 heavy (non-hydrogen) atoms. The summed E-state index contributed by atoms with van der Waals surface area (Å²) in [6.45, 7) is 0.761. The van der Waals surface area contributed by atoms with Crippen molar-refractivity contribution in [2.45, 2.75) is 36.4 Å². The summed E-state index contributed by atoms with van der Waals surface area (Å²) in [5, 5.41) is 0. The Hall–Kier alpha value is -1.12. The first-order chi connectivity index (χ1) is 10.7. The number of fused-ring (bicyclic) bond motifs is 1. The Morgan fingerprint density at radius 3 is 2.30 bits per heavy atom. The number of alkyl halides is 3. The molecule has 0 radical (unpaired) electrons. The van der Waals surface area contributed by atoms with Crippen LogP contribution in [0.25, 0.3) is 0 Å². The van der Waals surface area contributed by atoms with Crippen molar-refractivity contribution in [1.29, 1.82) is 0 Å². The summed E-state index contributed by atoms with van der Waals surface area (Å²) < 4.78 is 64.4. The lowest BCUT2D eigenvalue weighted by molar-refractivity contribution is -0.137. The van der Waals surface area contributed by atoms with E-state index in [9.17, 15) is 21.6 Å². The van der Waals surface area contributed by atoms with E-state index < -0.39 is 21.8 Å². The third-order valence-electron chi connectivity index (χ3n) is 4.94. The second-order valence-corrected chi connectivity index (χ2v) is 8.30. The number of rotatable bonds is 2. The lowest BCUT2D eigenvalue weighted by Crippen LogP contribution is -2.38. The van der Waals surface area contributed by atoms with Gasteiger partial charge in [-0.15, -0.1) is 0 Å². The molecule has 1 saturated carbocycles. The molecule has 1 aromatic carbocycles. The first-order valence-electron chi connectivity index (χ1n) is 7.62. The van der Waals surface area contributed by atoms with Gasteiger partial charge in [-0.2, -0.15) is 17.5 Å². The van der Waals surface area contributed by atoms with E-state index in [2.05, 4.69) is 0 Å². The van der Waals surface area contributed by atoms with Crippen LogP contribution in [0.3, 0.4) is 0 Å². The molecule has 1 saturated heterocycles. The largest absolute Gasteiger partial charge is 0.416 e. The van der Waals surface area contributed by atoms with Crippen molar-refractivity contribution in [3.63, 3.8) is 0 Å². The van der Waals surface area contributed by atoms with Gasteiger partial charge in [0, 0.05) is 19.1 Å². The predicted octanol–water partition coefficient (Wildman–Crippen LogP) is 2.45. The summed E-state index contributed by atoms with van der Waals surface area (Å²) in [4.78, 5) is -0.0993. The standard InChI is InChI=1S/C15H19F3N2O2S/c16-15(17,18)11-4-6-12(7-5-11)23(21,22)20-8-10-2-1-3-14(19)13(10)9-20/h4-7,10,13-14H,1-3,8-9,19H2. The van der Waals surface area contributed by atoms with Gasteiger partial charge in [0.25, 0.3) is 0 Å². The van der Waals surface area contributed by atoms with Crippen LogP contribution in [0, 0.1) is 11.8 Å². The van der Waals surface area contributed by atoms with Gasteiger partial charge in [-0.25, -0.2) is 8.42 Å². The molecule has 1 aliphatic carbocycles. The normalized spacial score (nSPS) is 29.5. The average Bonchev–Trinajstić information content (AvgIpc) is 2.93. The lowest BCUT2D eigenvalue weighted by atomic mass is 9.78. The monoisotopic (exact) mass is 348 g/mol. The molecule has 128 valence electrons. The molecule has 4 nitrogen and oxygen atoms in total. The fourth-order valence-electron chi connectivity index (χ4n) is 3.64. The molecule has 2 aliphatic rings. The Labute approximate surface area is 133 Å². The second kappa shape index (κ2) is 5.75. The number of halogens is 3. The summed E-state index contributed by atoms with van der Waals surface area (Å²) in [5.74, 6) is 0.399. The van der Waals surface area contributed by atoms with Crippen LogP contribution >= 0.6 is 0 Å². The number of hydrogen-bond donors (Lipinski definition) is 1. The van der Waals surface area contributed by atoms with Gasteiger partial charge in [0.15, 0.2) is 0 Å². The summed E-state index contributed by atoms with van der Waals surface area (Å²) in [5.41, 5.74) is 5.23. The zero-order valence-corrected chi connectivity index (χ0v) is 13.3. The number of nitrogens with zero attached hydrogens (tertiary/aromatic N) is 1. The van der Waals surface area contributed by atoms with E-state index in [1.54, 1.807) is 0 Å². The van der Waals surface area contributed by atoms with Gasteiger partial charge in [0.2, 0.25) is 10.0 Å². The number of benzene rings is 1. The quantitative estimate of drug-likeness (QED) is 0.893. The maximum absolute atomic E-state index is 12.6. The molecule has 1 aromatic rings. The van der Waals surface area contributed by atoms with Crippen molar-refractivity contribution in [1.82, 2.24) is 4.31 Å². The van der Waals surface area contributed by atoms with E-state index in [1.807, 2.05) is 0 Å². The van der Waals surface area contributed by atoms with Gasteiger partial charge in [0.05, 0.1) is 10.5 Å². The summed E-state index contributed by atoms with van der Waals surface area (Å²) >= 11 is 0. The van der Waals surface area contributed by atoms with Crippen LogP contribution in [0.5, 0.6) is 0 Å². The molecule has 0 aromatic heterocycles. The molecule has 1 aliphatic heterocycles. The fourth-order valence-corrected chi connectivity index (χ4v) is 5.17. The molecular weight excluding hydrogens is 329 g/mol. The third-order valence-corrected chi connectivity index (χ3v) is 6.79. The van der Waals surface area contributed by atoms with E-state index in [1.165, 1.54) is 4.31 Å². The van der Waals surface area contributed by atoms with Gasteiger partial charge < -0.3 is 5.73 Å². The Bertz CT molecular complexity index is 673. The van der Waals surface area contributed by atoms with E-state index >= 15 is 0 Å². The fraction of sp³-hybridized carbons (Fsp3) is 0.600. The number of nitrogens with two attached hydrogens (primary N) is 1. The SMILES string of the molecule is NC1CCCC2CN(S(=O)(=O)c3ccc(C(F)(F)F)cc3)CC12. The molecule has 8 heteroatoms. The molecule has 3 atom stereocenters. The maximum atomic E-state index is 12.6. The van der Waals surface area contributed by atoms with E-state index in [-0.39, 0.29) is 22.8 Å². The Morgan fingerprint density at radius 1 is 1.09 bits per heavy atom. The van der Waals surface area contributed by atoms with Crippen molar-refractivity contribution >= 4 is 10.0 Å². The van der Waals surface area contributed by atoms with E-state index in [4.69, 9.17) is 5.73 Å². The van der Waals surface area contributed by atoms with Crippen LogP contribution in [-0.4, -0.2) is 31.9 Å². The van der Waals surface area contributed by atoms with E-state index in [0.29, 0.717) is 13.1 Å². The number of sulfonamides is 1. The van der Waals surface area contributed by atoms with Crippen molar-refractivity contribution < 1.29 is 21.6 Å². The van der Waals surface area contributed by atoms with Crippen LogP contribution in [0.1, 0.15) is 24.8 Å². The van der Waals surface area contributed by atoms with Gasteiger partial charge in [-0.1, -0.05) is 6.42 Å². The Kier molecular flexibility index (Phi) is 4.18. The number of hydrogen-bond acceptors (Lipinski definition) is 3. The van der Waals surface area contributed by atoms with Gasteiger partial charge in [0.1, 0.15) is 0 Å². The van der Waals surface area contributed by atoms with Crippen LogP contribution in [0.2, 0.25) is 0 Å². The molecule has 0 amide bonds. The molecule has 1 heterocycles.